The molecule has 1 aromatic carbocycles. The molecule has 0 fully saturated rings. The van der Waals surface area contributed by atoms with Crippen molar-refractivity contribution >= 4 is 6.29 Å². The highest BCUT2D eigenvalue weighted by molar-refractivity contribution is 5.80. The Kier molecular flexibility index (Phi) is 2.49. The summed E-state index contributed by atoms with van der Waals surface area (Å²) in [7, 11) is 1.54. The fourth-order valence-corrected chi connectivity index (χ4v) is 0.859. The first-order valence-electron chi connectivity index (χ1n) is 3.34. The Labute approximate surface area is 71.2 Å². The first kappa shape index (κ1) is 8.35. The number of benzene rings is 1. The monoisotopic (exact) mass is 159 g/mol. The van der Waals surface area contributed by atoms with Crippen molar-refractivity contribution in [1.29, 1.82) is 0 Å². The van der Waals surface area contributed by atoms with Crippen LogP contribution >= 0.6 is 0 Å². The Balaban J connectivity index is 3.22. The molecule has 0 saturated carbocycles. The van der Waals surface area contributed by atoms with E-state index in [0.29, 0.717) is 16.9 Å². The molecule has 0 atom stereocenters. The lowest BCUT2D eigenvalue weighted by atomic mass is 10.1. The van der Waals surface area contributed by atoms with Gasteiger partial charge in [-0.1, -0.05) is 5.92 Å². The van der Waals surface area contributed by atoms with Crippen LogP contribution in [0.2, 0.25) is 0 Å². The van der Waals surface area contributed by atoms with Gasteiger partial charge in [-0.15, -0.1) is 6.42 Å². The minimum absolute atomic E-state index is 0.387. The average molecular weight is 159 g/mol. The summed E-state index contributed by atoms with van der Waals surface area (Å²) in [4.78, 5) is 10.3. The van der Waals surface area contributed by atoms with Crippen LogP contribution in [-0.2, 0) is 4.79 Å². The summed E-state index contributed by atoms with van der Waals surface area (Å²) >= 11 is 0. The van der Waals surface area contributed by atoms with E-state index in [0.717, 1.165) is 0 Å². The third-order valence-electron chi connectivity index (χ3n) is 1.49. The smallest absolute Gasteiger partial charge is 0.234 e. The van der Waals surface area contributed by atoms with Gasteiger partial charge in [-0.2, -0.15) is 0 Å². The first-order chi connectivity index (χ1) is 5.81. The molecule has 0 N–H and O–H groups in total. The van der Waals surface area contributed by atoms with Gasteiger partial charge in [-0.3, -0.25) is 4.79 Å². The van der Waals surface area contributed by atoms with Gasteiger partial charge < -0.3 is 4.74 Å². The van der Waals surface area contributed by atoms with Crippen LogP contribution in [0.25, 0.3) is 0 Å². The van der Waals surface area contributed by atoms with E-state index in [1.54, 1.807) is 31.6 Å². The minimum Gasteiger partial charge on any atom is -0.497 e. The molecule has 0 heterocycles. The lowest BCUT2D eigenvalue weighted by molar-refractivity contribution is 0.414. The summed E-state index contributed by atoms with van der Waals surface area (Å²) in [5.41, 5.74) is 0.891. The second-order valence-corrected chi connectivity index (χ2v) is 2.16. The second-order valence-electron chi connectivity index (χ2n) is 2.16. The molecule has 0 aliphatic heterocycles. The maximum absolute atomic E-state index is 10.3. The van der Waals surface area contributed by atoms with Crippen molar-refractivity contribution < 1.29 is 9.53 Å². The van der Waals surface area contributed by atoms with Gasteiger partial charge in [0.1, 0.15) is 5.75 Å². The summed E-state index contributed by atoms with van der Waals surface area (Å²) in [6.07, 6.45) is 6.92. The quantitative estimate of drug-likeness (QED) is 0.605. The highest BCUT2D eigenvalue weighted by Gasteiger charge is 2.00. The van der Waals surface area contributed by atoms with Gasteiger partial charge in [0.25, 0.3) is 0 Å². The molecule has 0 unspecified atom stereocenters. The van der Waals surface area contributed by atoms with E-state index in [2.05, 4.69) is 5.92 Å². The van der Waals surface area contributed by atoms with Crippen LogP contribution in [0.1, 0.15) is 11.1 Å². The van der Waals surface area contributed by atoms with Crippen molar-refractivity contribution in [3.8, 4) is 18.1 Å². The lowest BCUT2D eigenvalue weighted by Crippen LogP contribution is -1.89. The van der Waals surface area contributed by atoms with Crippen molar-refractivity contribution in [2.45, 2.75) is 0 Å². The number of hydrogen-bond acceptors (Lipinski definition) is 2. The molecule has 1 aromatic rings. The molecule has 0 amide bonds. The van der Waals surface area contributed by atoms with Crippen molar-refractivity contribution in [3.05, 3.63) is 29.3 Å². The third kappa shape index (κ3) is 1.46. The molecule has 2 heteroatoms. The van der Waals surface area contributed by atoms with E-state index in [1.807, 2.05) is 0 Å². The number of carbonyl (C=O) groups excluding carboxylic acids is 1. The predicted molar refractivity (Wildman–Crippen MR) is 45.7 cm³/mol. The summed E-state index contributed by atoms with van der Waals surface area (Å²) < 4.78 is 4.93. The third-order valence-corrected chi connectivity index (χ3v) is 1.49. The molecule has 1 rings (SSSR count). The molecule has 0 bridgehead atoms. The first-order valence-corrected chi connectivity index (χ1v) is 3.34. The highest BCUT2D eigenvalue weighted by atomic mass is 16.5. The van der Waals surface area contributed by atoms with E-state index in [-0.39, 0.29) is 0 Å². The van der Waals surface area contributed by atoms with Gasteiger partial charge in [-0.05, 0) is 18.2 Å². The molecular weight excluding hydrogens is 152 g/mol. The molecule has 2 nitrogen and oxygen atoms in total. The van der Waals surface area contributed by atoms with Gasteiger partial charge >= 0.3 is 0 Å². The van der Waals surface area contributed by atoms with Crippen LogP contribution in [0.5, 0.6) is 5.75 Å². The number of hydrogen-bond donors (Lipinski definition) is 0. The molecule has 0 saturated heterocycles. The maximum Gasteiger partial charge on any atom is 0.234 e. The Morgan fingerprint density at radius 1 is 1.42 bits per heavy atom. The van der Waals surface area contributed by atoms with Gasteiger partial charge in [-0.25, -0.2) is 0 Å². The number of methoxy groups -OCH3 is 1. The molecule has 12 heavy (non-hydrogen) atoms. The van der Waals surface area contributed by atoms with Gasteiger partial charge in [0.2, 0.25) is 6.29 Å². The standard InChI is InChI=1S/C10H7O2/c1-3-8-6-10(12-2)5-4-9(8)7-11/h1,4-6H,2H3. The van der Waals surface area contributed by atoms with E-state index < -0.39 is 0 Å². The number of ether oxygens (including phenoxy) is 1. The average Bonchev–Trinajstić information content (AvgIpc) is 2.16. The normalized spacial score (nSPS) is 8.67. The summed E-state index contributed by atoms with van der Waals surface area (Å²) in [5, 5.41) is 0. The van der Waals surface area contributed by atoms with Gasteiger partial charge in [0, 0.05) is 11.1 Å². The number of rotatable bonds is 2. The van der Waals surface area contributed by atoms with Crippen molar-refractivity contribution in [1.82, 2.24) is 0 Å². The molecule has 0 aliphatic carbocycles. The van der Waals surface area contributed by atoms with Crippen molar-refractivity contribution in [3.63, 3.8) is 0 Å². The zero-order valence-corrected chi connectivity index (χ0v) is 6.63. The van der Waals surface area contributed by atoms with Gasteiger partial charge in [0.05, 0.1) is 7.11 Å². The zero-order chi connectivity index (χ0) is 8.97. The van der Waals surface area contributed by atoms with Crippen LogP contribution in [0.4, 0.5) is 0 Å². The van der Waals surface area contributed by atoms with Crippen LogP contribution in [-0.4, -0.2) is 13.4 Å². The van der Waals surface area contributed by atoms with Crippen molar-refractivity contribution in [2.75, 3.05) is 7.11 Å². The van der Waals surface area contributed by atoms with E-state index in [4.69, 9.17) is 11.2 Å². The molecule has 0 aromatic heterocycles. The van der Waals surface area contributed by atoms with Gasteiger partial charge in [0.15, 0.2) is 0 Å². The van der Waals surface area contributed by atoms with Crippen LogP contribution in [0.3, 0.4) is 0 Å². The largest absolute Gasteiger partial charge is 0.497 e. The van der Waals surface area contributed by atoms with Crippen LogP contribution in [0, 0.1) is 12.3 Å². The molecule has 59 valence electrons. The Bertz CT molecular complexity index is 334. The Morgan fingerprint density at radius 3 is 2.67 bits per heavy atom. The Morgan fingerprint density at radius 2 is 2.17 bits per heavy atom. The maximum atomic E-state index is 10.3. The minimum atomic E-state index is 0.387. The second kappa shape index (κ2) is 3.59. The summed E-state index contributed by atoms with van der Waals surface area (Å²) in [6, 6.07) is 4.88. The SMILES string of the molecule is C#Cc1cc(OC)ccc1[C]=O. The fraction of sp³-hybridized carbons (Fsp3) is 0.100. The predicted octanol–water partition coefficient (Wildman–Crippen LogP) is 1.13. The molecule has 1 radical (unpaired) electrons. The Hall–Kier alpha value is -1.75. The van der Waals surface area contributed by atoms with Crippen molar-refractivity contribution in [2.24, 2.45) is 0 Å². The molecule has 0 aliphatic rings. The van der Waals surface area contributed by atoms with Crippen LogP contribution < -0.4 is 4.74 Å². The summed E-state index contributed by atoms with van der Waals surface area (Å²) in [5.74, 6) is 3.02. The zero-order valence-electron chi connectivity index (χ0n) is 6.63. The molecule has 0 spiro atoms. The topological polar surface area (TPSA) is 26.3 Å². The van der Waals surface area contributed by atoms with E-state index >= 15 is 0 Å². The lowest BCUT2D eigenvalue weighted by Gasteiger charge is -2.00. The van der Waals surface area contributed by atoms with E-state index in [9.17, 15) is 4.79 Å². The van der Waals surface area contributed by atoms with E-state index in [1.165, 1.54) is 0 Å². The fourth-order valence-electron chi connectivity index (χ4n) is 0.859. The summed E-state index contributed by atoms with van der Waals surface area (Å²) in [6.45, 7) is 0. The van der Waals surface area contributed by atoms with Crippen LogP contribution in [0.15, 0.2) is 18.2 Å². The molecular formula is C10H7O2. The highest BCUT2D eigenvalue weighted by Crippen LogP contribution is 2.14. The number of terminal acetylenes is 1.